The summed E-state index contributed by atoms with van der Waals surface area (Å²) in [5.74, 6) is 1.14. The van der Waals surface area contributed by atoms with E-state index in [1.54, 1.807) is 26.1 Å². The van der Waals surface area contributed by atoms with Crippen LogP contribution in [0.1, 0.15) is 77.5 Å². The molecule has 2 amide bonds. The zero-order chi connectivity index (χ0) is 31.6. The first-order valence-corrected chi connectivity index (χ1v) is 14.7. The quantitative estimate of drug-likeness (QED) is 0.220. The summed E-state index contributed by atoms with van der Waals surface area (Å²) in [5.41, 5.74) is 8.33. The Morgan fingerprint density at radius 3 is 1.73 bits per heavy atom. The molecule has 0 atom stereocenters. The van der Waals surface area contributed by atoms with E-state index in [1.165, 1.54) is 46.8 Å². The third-order valence-corrected chi connectivity index (χ3v) is 6.03. The van der Waals surface area contributed by atoms with Crippen molar-refractivity contribution in [2.75, 3.05) is 27.7 Å². The second kappa shape index (κ2) is 25.6. The number of hydrogen-bond acceptors (Lipinski definition) is 4. The maximum Gasteiger partial charge on any atom is 0.221 e. The summed E-state index contributed by atoms with van der Waals surface area (Å²) in [5, 5.41) is 5.84. The van der Waals surface area contributed by atoms with Crippen LogP contribution in [0.4, 0.5) is 0 Å². The van der Waals surface area contributed by atoms with E-state index in [-0.39, 0.29) is 12.3 Å². The van der Waals surface area contributed by atoms with E-state index in [0.29, 0.717) is 12.5 Å². The number of carbonyl (C=O) groups is 2. The Balaban J connectivity index is 0. The number of benzene rings is 3. The Kier molecular flexibility index (Phi) is 24.8. The van der Waals surface area contributed by atoms with Crippen molar-refractivity contribution >= 4 is 23.1 Å². The lowest BCUT2D eigenvalue weighted by atomic mass is 10.0. The molecular weight excluding hydrogens is 510 g/mol. The number of rotatable bonds is 8. The lowest BCUT2D eigenvalue weighted by Crippen LogP contribution is -2.23. The average molecular weight is 568 g/mol. The van der Waals surface area contributed by atoms with Crippen molar-refractivity contribution in [2.24, 2.45) is 5.73 Å². The fourth-order valence-corrected chi connectivity index (χ4v) is 3.68. The smallest absolute Gasteiger partial charge is 0.221 e. The highest BCUT2D eigenvalue weighted by Gasteiger charge is 2.00. The van der Waals surface area contributed by atoms with Crippen molar-refractivity contribution in [1.29, 1.82) is 0 Å². The fraction of sp³-hybridized carbons (Fsp3) is 0.486. The highest BCUT2D eigenvalue weighted by atomic mass is 16.5. The van der Waals surface area contributed by atoms with E-state index in [0.717, 1.165) is 18.6 Å². The molecule has 0 heterocycles. The predicted molar refractivity (Wildman–Crippen MR) is 178 cm³/mol. The van der Waals surface area contributed by atoms with Crippen LogP contribution in [-0.2, 0) is 22.4 Å². The van der Waals surface area contributed by atoms with Gasteiger partial charge in [-0.1, -0.05) is 96.5 Å². The van der Waals surface area contributed by atoms with Gasteiger partial charge in [-0.2, -0.15) is 0 Å². The summed E-state index contributed by atoms with van der Waals surface area (Å²) in [6.07, 6.45) is 5.76. The van der Waals surface area contributed by atoms with Gasteiger partial charge in [-0.25, -0.2) is 0 Å². The van der Waals surface area contributed by atoms with Gasteiger partial charge in [0, 0.05) is 26.6 Å². The molecule has 6 heteroatoms. The second-order valence-electron chi connectivity index (χ2n) is 9.88. The fourth-order valence-electron chi connectivity index (χ4n) is 3.68. The number of methoxy groups -OCH3 is 1. The molecule has 0 fully saturated rings. The van der Waals surface area contributed by atoms with Crippen LogP contribution >= 0.6 is 0 Å². The molecule has 0 saturated heterocycles. The van der Waals surface area contributed by atoms with Gasteiger partial charge < -0.3 is 20.7 Å². The number of hydrogen-bond donors (Lipinski definition) is 2. The molecule has 0 unspecified atom stereocenters. The van der Waals surface area contributed by atoms with E-state index < -0.39 is 0 Å². The first kappa shape index (κ1) is 39.8. The maximum absolute atomic E-state index is 10.4. The SMILES string of the molecule is CCC(=O)N(C)C.CCCCNC(C)C.CCc1ccccc1CC.COc1cc2ccccc2cc1C.NC=O. The van der Waals surface area contributed by atoms with E-state index in [9.17, 15) is 4.79 Å². The molecule has 3 N–H and O–H groups in total. The van der Waals surface area contributed by atoms with Crippen molar-refractivity contribution in [3.05, 3.63) is 77.4 Å². The summed E-state index contributed by atoms with van der Waals surface area (Å²) in [4.78, 5) is 20.6. The minimum Gasteiger partial charge on any atom is -0.496 e. The number of primary amides is 1. The molecule has 41 heavy (non-hydrogen) atoms. The van der Waals surface area contributed by atoms with Crippen LogP contribution in [0.5, 0.6) is 5.75 Å². The zero-order valence-corrected chi connectivity index (χ0v) is 27.4. The largest absolute Gasteiger partial charge is 0.496 e. The normalized spacial score (nSPS) is 9.44. The molecule has 3 aromatic carbocycles. The summed E-state index contributed by atoms with van der Waals surface area (Å²) < 4.78 is 5.25. The van der Waals surface area contributed by atoms with Gasteiger partial charge in [0.05, 0.1) is 7.11 Å². The van der Waals surface area contributed by atoms with Crippen LogP contribution in [0.3, 0.4) is 0 Å². The molecule has 6 nitrogen and oxygen atoms in total. The van der Waals surface area contributed by atoms with Crippen molar-refractivity contribution in [3.8, 4) is 5.75 Å². The Morgan fingerprint density at radius 1 is 0.927 bits per heavy atom. The van der Waals surface area contributed by atoms with Crippen molar-refractivity contribution < 1.29 is 14.3 Å². The van der Waals surface area contributed by atoms with E-state index >= 15 is 0 Å². The Hall–Kier alpha value is -3.38. The number of nitrogens with one attached hydrogen (secondary N) is 1. The molecule has 0 saturated carbocycles. The number of carbonyl (C=O) groups excluding carboxylic acids is 2. The van der Waals surface area contributed by atoms with Gasteiger partial charge >= 0.3 is 0 Å². The van der Waals surface area contributed by atoms with Crippen LogP contribution < -0.4 is 15.8 Å². The van der Waals surface area contributed by atoms with E-state index in [1.807, 2.05) is 19.1 Å². The molecule has 0 aromatic heterocycles. The van der Waals surface area contributed by atoms with Crippen LogP contribution in [0.25, 0.3) is 10.8 Å². The van der Waals surface area contributed by atoms with Gasteiger partial charge in [-0.05, 0) is 72.3 Å². The lowest BCUT2D eigenvalue weighted by molar-refractivity contribution is -0.128. The molecule has 0 radical (unpaired) electrons. The monoisotopic (exact) mass is 567 g/mol. The Bertz CT molecular complexity index is 1060. The predicted octanol–water partition coefficient (Wildman–Crippen LogP) is 7.34. The van der Waals surface area contributed by atoms with Gasteiger partial charge in [0.1, 0.15) is 5.75 Å². The Labute approximate surface area is 250 Å². The van der Waals surface area contributed by atoms with Gasteiger partial charge in [0.2, 0.25) is 12.3 Å². The van der Waals surface area contributed by atoms with Gasteiger partial charge in [-0.15, -0.1) is 0 Å². The second-order valence-corrected chi connectivity index (χ2v) is 9.88. The van der Waals surface area contributed by atoms with Crippen LogP contribution in [0, 0.1) is 6.92 Å². The molecule has 3 rings (SSSR count). The molecule has 0 spiro atoms. The van der Waals surface area contributed by atoms with E-state index in [2.05, 4.69) is 101 Å². The van der Waals surface area contributed by atoms with Crippen molar-refractivity contribution in [3.63, 3.8) is 0 Å². The summed E-state index contributed by atoms with van der Waals surface area (Å²) in [6, 6.07) is 21.8. The van der Waals surface area contributed by atoms with E-state index in [4.69, 9.17) is 9.53 Å². The zero-order valence-electron chi connectivity index (χ0n) is 27.4. The number of nitrogens with zero attached hydrogens (tertiary/aromatic N) is 1. The average Bonchev–Trinajstić information content (AvgIpc) is 2.97. The topological polar surface area (TPSA) is 84.7 Å². The molecule has 0 aliphatic carbocycles. The molecule has 0 bridgehead atoms. The highest BCUT2D eigenvalue weighted by molar-refractivity contribution is 5.84. The summed E-state index contributed by atoms with van der Waals surface area (Å²) in [7, 11) is 5.22. The number of aryl methyl sites for hydroxylation is 3. The molecule has 0 aliphatic rings. The molecule has 3 aromatic rings. The maximum atomic E-state index is 10.4. The number of ether oxygens (including phenoxy) is 1. The standard InChI is InChI=1S/C12H12O.C10H14.C7H17N.C5H11NO.CH3NO/c1-9-7-10-5-3-4-6-11(10)8-12(9)13-2;1-3-9-7-5-6-8-10(9)4-2;1-4-5-6-8-7(2)3;1-4-5(7)6(2)3;2-1-3/h3-8H,1-2H3;5-8H,3-4H2,1-2H3;7-8H,4-6H2,1-3H3;4H2,1-3H3;1H,(H2,2,3). The minimum atomic E-state index is 0.181. The molecule has 230 valence electrons. The number of amides is 2. The number of fused-ring (bicyclic) bond motifs is 1. The number of unbranched alkanes of at least 4 members (excludes halogenated alkanes) is 1. The third-order valence-electron chi connectivity index (χ3n) is 6.03. The van der Waals surface area contributed by atoms with Crippen molar-refractivity contribution in [1.82, 2.24) is 10.2 Å². The first-order valence-electron chi connectivity index (χ1n) is 14.7. The van der Waals surface area contributed by atoms with Crippen LogP contribution in [-0.4, -0.2) is 51.0 Å². The van der Waals surface area contributed by atoms with Crippen LogP contribution in [0.2, 0.25) is 0 Å². The third kappa shape index (κ3) is 19.4. The van der Waals surface area contributed by atoms with Crippen molar-refractivity contribution in [2.45, 2.75) is 86.6 Å². The minimum absolute atomic E-state index is 0.181. The summed E-state index contributed by atoms with van der Waals surface area (Å²) >= 11 is 0. The summed E-state index contributed by atoms with van der Waals surface area (Å²) in [6.45, 7) is 16.1. The lowest BCUT2D eigenvalue weighted by Gasteiger charge is -2.06. The van der Waals surface area contributed by atoms with Gasteiger partial charge in [0.25, 0.3) is 0 Å². The first-order chi connectivity index (χ1) is 19.6. The molecular formula is C35H57N3O3. The van der Waals surface area contributed by atoms with Gasteiger partial charge in [-0.3, -0.25) is 9.59 Å². The highest BCUT2D eigenvalue weighted by Crippen LogP contribution is 2.24. The van der Waals surface area contributed by atoms with Crippen LogP contribution in [0.15, 0.2) is 60.7 Å². The van der Waals surface area contributed by atoms with Gasteiger partial charge in [0.15, 0.2) is 0 Å². The molecule has 0 aliphatic heterocycles. The Morgan fingerprint density at radius 2 is 1.39 bits per heavy atom. The number of nitrogens with two attached hydrogens (primary N) is 1.